The van der Waals surface area contributed by atoms with Crippen LogP contribution in [0.5, 0.6) is 0 Å². The molecule has 6 nitrogen and oxygen atoms in total. The minimum atomic E-state index is -0.784. The maximum absolute atomic E-state index is 12.4. The van der Waals surface area contributed by atoms with Crippen molar-refractivity contribution in [3.8, 4) is 0 Å². The monoisotopic (exact) mass is 445 g/mol. The van der Waals surface area contributed by atoms with E-state index in [1.807, 2.05) is 38.1 Å². The molecule has 0 aromatic heterocycles. The molecule has 2 atom stereocenters. The number of halogens is 2. The second kappa shape index (κ2) is 13.7. The van der Waals surface area contributed by atoms with Gasteiger partial charge in [-0.3, -0.25) is 4.79 Å². The number of anilines is 1. The van der Waals surface area contributed by atoms with Gasteiger partial charge in [0.05, 0.1) is 12.6 Å². The van der Waals surface area contributed by atoms with Crippen molar-refractivity contribution in [2.24, 2.45) is 11.7 Å². The predicted octanol–water partition coefficient (Wildman–Crippen LogP) is 2.93. The van der Waals surface area contributed by atoms with Crippen LogP contribution in [0.15, 0.2) is 24.3 Å². The first-order valence-corrected chi connectivity index (χ1v) is 11.1. The highest BCUT2D eigenvalue weighted by atomic mass is 35.5. The number of carbonyl (C=O) groups is 2. The van der Waals surface area contributed by atoms with E-state index in [1.165, 1.54) is 0 Å². The third kappa shape index (κ3) is 9.24. The average molecular weight is 446 g/mol. The standard InChI is InChI=1S/C21H33Cl2N3O3/c1-4-29-21(28)19(25-20(27)18(24)13-15(2)3)14-16-5-7-17(8-6-16)26(11-9-22)12-10-23/h5-8,15,18-19H,4,9-14,24H2,1-3H3,(H,25,27)/t18-,19-/m0/s1. The van der Waals surface area contributed by atoms with E-state index in [9.17, 15) is 9.59 Å². The van der Waals surface area contributed by atoms with Gasteiger partial charge in [0.2, 0.25) is 5.91 Å². The highest BCUT2D eigenvalue weighted by Crippen LogP contribution is 2.17. The number of amides is 1. The number of esters is 1. The lowest BCUT2D eigenvalue weighted by Crippen LogP contribution is -2.50. The summed E-state index contributed by atoms with van der Waals surface area (Å²) in [4.78, 5) is 26.9. The Morgan fingerprint density at radius 3 is 2.21 bits per heavy atom. The maximum atomic E-state index is 12.4. The number of alkyl halides is 2. The van der Waals surface area contributed by atoms with Gasteiger partial charge in [0.25, 0.3) is 0 Å². The van der Waals surface area contributed by atoms with Gasteiger partial charge in [-0.2, -0.15) is 0 Å². The van der Waals surface area contributed by atoms with Crippen molar-refractivity contribution in [2.75, 3.05) is 36.4 Å². The zero-order valence-corrected chi connectivity index (χ0v) is 19.0. The molecule has 8 heteroatoms. The van der Waals surface area contributed by atoms with Crippen LogP contribution < -0.4 is 16.0 Å². The number of nitrogens with one attached hydrogen (secondary N) is 1. The number of nitrogens with two attached hydrogens (primary N) is 1. The fourth-order valence-corrected chi connectivity index (χ4v) is 3.39. The van der Waals surface area contributed by atoms with Crippen molar-refractivity contribution >= 4 is 40.8 Å². The van der Waals surface area contributed by atoms with Gasteiger partial charge in [0.1, 0.15) is 6.04 Å². The number of hydrogen-bond acceptors (Lipinski definition) is 5. The number of benzene rings is 1. The Labute approximate surface area is 184 Å². The van der Waals surface area contributed by atoms with Gasteiger partial charge in [-0.25, -0.2) is 4.79 Å². The molecule has 1 amide bonds. The van der Waals surface area contributed by atoms with Crippen LogP contribution in [0, 0.1) is 5.92 Å². The first-order valence-electron chi connectivity index (χ1n) is 10.0. The van der Waals surface area contributed by atoms with Crippen LogP contribution in [0.25, 0.3) is 0 Å². The highest BCUT2D eigenvalue weighted by Gasteiger charge is 2.25. The first-order chi connectivity index (χ1) is 13.8. The summed E-state index contributed by atoms with van der Waals surface area (Å²) in [6.07, 6.45) is 0.872. The lowest BCUT2D eigenvalue weighted by molar-refractivity contribution is -0.147. The van der Waals surface area contributed by atoms with E-state index < -0.39 is 18.1 Å². The van der Waals surface area contributed by atoms with E-state index in [-0.39, 0.29) is 18.4 Å². The molecule has 0 saturated heterocycles. The number of nitrogens with zero attached hydrogens (tertiary/aromatic N) is 1. The number of ether oxygens (including phenoxy) is 1. The second-order valence-corrected chi connectivity index (χ2v) is 8.04. The molecule has 3 N–H and O–H groups in total. The van der Waals surface area contributed by atoms with Gasteiger partial charge in [0, 0.05) is 37.0 Å². The van der Waals surface area contributed by atoms with Crippen molar-refractivity contribution < 1.29 is 14.3 Å². The summed E-state index contributed by atoms with van der Waals surface area (Å²) in [5.41, 5.74) is 7.86. The molecule has 0 bridgehead atoms. The Morgan fingerprint density at radius 2 is 1.72 bits per heavy atom. The summed E-state index contributed by atoms with van der Waals surface area (Å²) in [5.74, 6) is 0.489. The predicted molar refractivity (Wildman–Crippen MR) is 120 cm³/mol. The lowest BCUT2D eigenvalue weighted by atomic mass is 10.0. The van der Waals surface area contributed by atoms with Crippen LogP contribution in [-0.4, -0.2) is 55.4 Å². The summed E-state index contributed by atoms with van der Waals surface area (Å²) in [6, 6.07) is 6.34. The van der Waals surface area contributed by atoms with Crippen LogP contribution in [-0.2, 0) is 20.7 Å². The summed E-state index contributed by atoms with van der Waals surface area (Å²) >= 11 is 11.7. The van der Waals surface area contributed by atoms with Crippen molar-refractivity contribution in [2.45, 2.75) is 45.7 Å². The SMILES string of the molecule is CCOC(=O)[C@H](Cc1ccc(N(CCCl)CCCl)cc1)NC(=O)[C@@H](N)CC(C)C. The summed E-state index contributed by atoms with van der Waals surface area (Å²) in [6.45, 7) is 7.36. The molecular formula is C21H33Cl2N3O3. The van der Waals surface area contributed by atoms with Gasteiger partial charge in [-0.15, -0.1) is 23.2 Å². The number of carbonyl (C=O) groups excluding carboxylic acids is 2. The van der Waals surface area contributed by atoms with Gasteiger partial charge < -0.3 is 20.7 Å². The normalized spacial score (nSPS) is 13.1. The first kappa shape index (κ1) is 25.5. The molecule has 164 valence electrons. The van der Waals surface area contributed by atoms with E-state index in [1.54, 1.807) is 6.92 Å². The fourth-order valence-electron chi connectivity index (χ4n) is 2.98. The van der Waals surface area contributed by atoms with Crippen molar-refractivity contribution in [1.82, 2.24) is 5.32 Å². The minimum absolute atomic E-state index is 0.244. The molecule has 0 saturated carbocycles. The van der Waals surface area contributed by atoms with E-state index >= 15 is 0 Å². The van der Waals surface area contributed by atoms with Gasteiger partial charge in [-0.1, -0.05) is 26.0 Å². The zero-order chi connectivity index (χ0) is 21.8. The summed E-state index contributed by atoms with van der Waals surface area (Å²) in [7, 11) is 0. The van der Waals surface area contributed by atoms with Crippen LogP contribution in [0.2, 0.25) is 0 Å². The van der Waals surface area contributed by atoms with Crippen LogP contribution in [0.1, 0.15) is 32.8 Å². The van der Waals surface area contributed by atoms with E-state index in [0.717, 1.165) is 11.3 Å². The molecule has 0 fully saturated rings. The molecule has 0 spiro atoms. The fraction of sp³-hybridized carbons (Fsp3) is 0.619. The highest BCUT2D eigenvalue weighted by molar-refractivity contribution is 6.18. The van der Waals surface area contributed by atoms with Crippen molar-refractivity contribution in [3.05, 3.63) is 29.8 Å². The molecule has 0 aliphatic carbocycles. The molecule has 1 aromatic rings. The molecule has 0 aliphatic heterocycles. The molecule has 1 aromatic carbocycles. The third-order valence-electron chi connectivity index (χ3n) is 4.40. The molecule has 0 heterocycles. The van der Waals surface area contributed by atoms with Crippen LogP contribution >= 0.6 is 23.2 Å². The minimum Gasteiger partial charge on any atom is -0.464 e. The Morgan fingerprint density at radius 1 is 1.14 bits per heavy atom. The van der Waals surface area contributed by atoms with Crippen LogP contribution in [0.4, 0.5) is 5.69 Å². The lowest BCUT2D eigenvalue weighted by Gasteiger charge is -2.24. The third-order valence-corrected chi connectivity index (χ3v) is 4.74. The Hall–Kier alpha value is -1.50. The van der Waals surface area contributed by atoms with E-state index in [2.05, 4.69) is 10.2 Å². The Balaban J connectivity index is 2.87. The van der Waals surface area contributed by atoms with Crippen molar-refractivity contribution in [3.63, 3.8) is 0 Å². The van der Waals surface area contributed by atoms with E-state index in [4.69, 9.17) is 33.7 Å². The Bertz CT molecular complexity index is 620. The molecule has 29 heavy (non-hydrogen) atoms. The largest absolute Gasteiger partial charge is 0.464 e. The van der Waals surface area contributed by atoms with E-state index in [0.29, 0.717) is 37.7 Å². The second-order valence-electron chi connectivity index (χ2n) is 7.28. The zero-order valence-electron chi connectivity index (χ0n) is 17.5. The summed E-state index contributed by atoms with van der Waals surface area (Å²) in [5, 5.41) is 2.75. The maximum Gasteiger partial charge on any atom is 0.328 e. The number of hydrogen-bond donors (Lipinski definition) is 2. The van der Waals surface area contributed by atoms with Gasteiger partial charge in [0.15, 0.2) is 0 Å². The molecule has 1 rings (SSSR count). The van der Waals surface area contributed by atoms with Crippen LogP contribution in [0.3, 0.4) is 0 Å². The molecule has 0 unspecified atom stereocenters. The quantitative estimate of drug-likeness (QED) is 0.360. The van der Waals surface area contributed by atoms with Gasteiger partial charge >= 0.3 is 5.97 Å². The topological polar surface area (TPSA) is 84.7 Å². The average Bonchev–Trinajstić information content (AvgIpc) is 2.67. The van der Waals surface area contributed by atoms with Crippen molar-refractivity contribution in [1.29, 1.82) is 0 Å². The molecule has 0 radical (unpaired) electrons. The molecule has 0 aliphatic rings. The smallest absolute Gasteiger partial charge is 0.328 e. The number of rotatable bonds is 13. The molecular weight excluding hydrogens is 413 g/mol. The Kier molecular flexibility index (Phi) is 12.0. The van der Waals surface area contributed by atoms with Gasteiger partial charge in [-0.05, 0) is 37.0 Å². The summed E-state index contributed by atoms with van der Waals surface area (Å²) < 4.78 is 5.13.